The lowest BCUT2D eigenvalue weighted by Gasteiger charge is -2.35. The normalized spacial score (nSPS) is 20.0. The number of nitrogens with zero attached hydrogens (tertiary/aromatic N) is 3. The quantitative estimate of drug-likeness (QED) is 0.671. The molecule has 3 atom stereocenters. The number of aromatic nitrogens is 2. The Kier molecular flexibility index (Phi) is 10.8. The van der Waals surface area contributed by atoms with Crippen LogP contribution in [0.5, 0.6) is 0 Å². The Morgan fingerprint density at radius 3 is 2.27 bits per heavy atom. The molecule has 1 aliphatic rings. The van der Waals surface area contributed by atoms with Gasteiger partial charge in [0, 0.05) is 45.0 Å². The molecule has 1 aromatic carbocycles. The number of carbonyl (C=O) groups excluding carboxylic acids is 1. The van der Waals surface area contributed by atoms with Crippen LogP contribution in [0.25, 0.3) is 0 Å². The van der Waals surface area contributed by atoms with Crippen LogP contribution in [0.2, 0.25) is 0 Å². The molecule has 1 aliphatic heterocycles. The molecule has 3 rings (SSSR count). The minimum atomic E-state index is -0.393. The second-order valence-electron chi connectivity index (χ2n) is 8.34. The first kappa shape index (κ1) is 26.4. The van der Waals surface area contributed by atoms with Gasteiger partial charge < -0.3 is 10.6 Å². The summed E-state index contributed by atoms with van der Waals surface area (Å²) in [5, 5.41) is 10.2. The zero-order valence-electron chi connectivity index (χ0n) is 18.3. The zero-order valence-corrected chi connectivity index (χ0v) is 19.9. The Labute approximate surface area is 192 Å². The van der Waals surface area contributed by atoms with E-state index in [0.717, 1.165) is 29.5 Å². The molecular formula is C22H35Cl2N5O. The van der Waals surface area contributed by atoms with Crippen LogP contribution in [0.4, 0.5) is 0 Å². The van der Waals surface area contributed by atoms with Gasteiger partial charge in [-0.2, -0.15) is 5.10 Å². The zero-order chi connectivity index (χ0) is 20.1. The van der Waals surface area contributed by atoms with Gasteiger partial charge in [-0.1, -0.05) is 38.1 Å². The first-order valence-electron chi connectivity index (χ1n) is 10.2. The number of rotatable bonds is 7. The lowest BCUT2D eigenvalue weighted by Crippen LogP contribution is -2.38. The Morgan fingerprint density at radius 1 is 1.13 bits per heavy atom. The number of aryl methyl sites for hydroxylation is 1. The highest BCUT2D eigenvalue weighted by Gasteiger charge is 2.22. The average molecular weight is 456 g/mol. The van der Waals surface area contributed by atoms with E-state index in [-0.39, 0.29) is 30.7 Å². The molecule has 2 N–H and O–H groups in total. The molecule has 1 fully saturated rings. The second kappa shape index (κ2) is 12.3. The van der Waals surface area contributed by atoms with Gasteiger partial charge in [-0.3, -0.25) is 14.4 Å². The van der Waals surface area contributed by atoms with Crippen LogP contribution in [0.1, 0.15) is 43.0 Å². The molecule has 1 aromatic heterocycles. The van der Waals surface area contributed by atoms with Crippen molar-refractivity contribution in [1.82, 2.24) is 25.3 Å². The predicted molar refractivity (Wildman–Crippen MR) is 126 cm³/mol. The third-order valence-corrected chi connectivity index (χ3v) is 5.45. The number of hydrogen-bond acceptors (Lipinski definition) is 4. The largest absolute Gasteiger partial charge is 0.350 e. The first-order valence-corrected chi connectivity index (χ1v) is 10.2. The minimum Gasteiger partial charge on any atom is -0.350 e. The lowest BCUT2D eigenvalue weighted by atomic mass is 9.91. The van der Waals surface area contributed by atoms with Crippen LogP contribution < -0.4 is 10.6 Å². The van der Waals surface area contributed by atoms with E-state index < -0.39 is 6.04 Å². The summed E-state index contributed by atoms with van der Waals surface area (Å²) in [7, 11) is 3.63. The smallest absolute Gasteiger partial charge is 0.242 e. The molecule has 1 saturated heterocycles. The maximum Gasteiger partial charge on any atom is 0.242 e. The molecule has 2 aromatic rings. The number of halogens is 2. The van der Waals surface area contributed by atoms with Crippen molar-refractivity contribution in [2.45, 2.75) is 39.4 Å². The van der Waals surface area contributed by atoms with Crippen molar-refractivity contribution in [3.8, 4) is 0 Å². The van der Waals surface area contributed by atoms with E-state index in [0.29, 0.717) is 6.54 Å². The molecule has 0 saturated carbocycles. The molecule has 0 bridgehead atoms. The van der Waals surface area contributed by atoms with Gasteiger partial charge in [-0.05, 0) is 36.4 Å². The number of nitrogens with one attached hydrogen (secondary N) is 2. The molecule has 2 heterocycles. The van der Waals surface area contributed by atoms with Crippen LogP contribution >= 0.6 is 24.8 Å². The van der Waals surface area contributed by atoms with E-state index in [1.165, 1.54) is 25.1 Å². The van der Waals surface area contributed by atoms with Crippen LogP contribution in [0.3, 0.4) is 0 Å². The van der Waals surface area contributed by atoms with Crippen molar-refractivity contribution < 1.29 is 4.79 Å². The molecule has 8 heteroatoms. The maximum atomic E-state index is 12.5. The number of benzene rings is 1. The molecule has 168 valence electrons. The minimum absolute atomic E-state index is 0. The second-order valence-corrected chi connectivity index (χ2v) is 8.34. The molecule has 0 radical (unpaired) electrons. The molecule has 0 spiro atoms. The van der Waals surface area contributed by atoms with Gasteiger partial charge in [-0.25, -0.2) is 0 Å². The summed E-state index contributed by atoms with van der Waals surface area (Å²) in [6.45, 7) is 8.58. The molecule has 6 nitrogen and oxygen atoms in total. The fourth-order valence-electron chi connectivity index (χ4n) is 4.27. The van der Waals surface area contributed by atoms with Crippen molar-refractivity contribution in [3.05, 3.63) is 53.3 Å². The topological polar surface area (TPSA) is 62.2 Å². The van der Waals surface area contributed by atoms with Crippen molar-refractivity contribution in [2.75, 3.05) is 20.1 Å². The summed E-state index contributed by atoms with van der Waals surface area (Å²) >= 11 is 0. The number of hydrogen-bond donors (Lipinski definition) is 2. The fourth-order valence-corrected chi connectivity index (χ4v) is 4.27. The van der Waals surface area contributed by atoms with Gasteiger partial charge in [0.15, 0.2) is 0 Å². The van der Waals surface area contributed by atoms with Gasteiger partial charge in [0.1, 0.15) is 6.04 Å². The molecule has 1 amide bonds. The predicted octanol–water partition coefficient (Wildman–Crippen LogP) is 3.32. The van der Waals surface area contributed by atoms with Gasteiger partial charge >= 0.3 is 0 Å². The van der Waals surface area contributed by atoms with E-state index in [4.69, 9.17) is 0 Å². The van der Waals surface area contributed by atoms with Crippen molar-refractivity contribution in [3.63, 3.8) is 0 Å². The van der Waals surface area contributed by atoms with Gasteiger partial charge in [0.25, 0.3) is 0 Å². The number of carbonyl (C=O) groups is 1. The van der Waals surface area contributed by atoms with Crippen LogP contribution in [-0.4, -0.2) is 40.7 Å². The Hall–Kier alpha value is -1.60. The molecule has 0 aliphatic carbocycles. The standard InChI is InChI=1S/C22H33N5O.2ClH/c1-16-9-17(2)13-27(12-16)14-19-7-5-18(6-8-19)10-24-22(28)21(23-3)20-11-25-26(4)15-20;;/h5-8,11,15-17,21,23H,9-10,12-14H2,1-4H3,(H,24,28);2*1H. The SMILES string of the molecule is CNC(C(=O)NCc1ccc(CN2CC(C)CC(C)C2)cc1)c1cnn(C)c1.Cl.Cl. The average Bonchev–Trinajstić information content (AvgIpc) is 3.07. The first-order chi connectivity index (χ1) is 13.4. The Morgan fingerprint density at radius 2 is 1.73 bits per heavy atom. The summed E-state index contributed by atoms with van der Waals surface area (Å²) in [4.78, 5) is 15.1. The Balaban J connectivity index is 0.00000225. The fraction of sp³-hybridized carbons (Fsp3) is 0.545. The third-order valence-electron chi connectivity index (χ3n) is 5.45. The van der Waals surface area contributed by atoms with Crippen LogP contribution in [0, 0.1) is 11.8 Å². The number of amides is 1. The summed E-state index contributed by atoms with van der Waals surface area (Å²) in [6, 6.07) is 8.20. The van der Waals surface area contributed by atoms with Gasteiger partial charge in [0.05, 0.1) is 6.20 Å². The summed E-state index contributed by atoms with van der Waals surface area (Å²) < 4.78 is 1.70. The van der Waals surface area contributed by atoms with Crippen molar-refractivity contribution in [1.29, 1.82) is 0 Å². The highest BCUT2D eigenvalue weighted by molar-refractivity contribution is 5.85. The van der Waals surface area contributed by atoms with E-state index in [9.17, 15) is 4.79 Å². The van der Waals surface area contributed by atoms with Crippen molar-refractivity contribution in [2.24, 2.45) is 18.9 Å². The van der Waals surface area contributed by atoms with Crippen LogP contribution in [-0.2, 0) is 24.9 Å². The summed E-state index contributed by atoms with van der Waals surface area (Å²) in [5.74, 6) is 1.51. The maximum absolute atomic E-state index is 12.5. The number of likely N-dealkylation sites (tertiary alicyclic amines) is 1. The third kappa shape index (κ3) is 7.27. The molecular weight excluding hydrogens is 421 g/mol. The van der Waals surface area contributed by atoms with E-state index in [1.54, 1.807) is 17.9 Å². The van der Waals surface area contributed by atoms with E-state index in [1.807, 2.05) is 13.2 Å². The van der Waals surface area contributed by atoms with E-state index >= 15 is 0 Å². The monoisotopic (exact) mass is 455 g/mol. The number of piperidine rings is 1. The highest BCUT2D eigenvalue weighted by Crippen LogP contribution is 2.22. The van der Waals surface area contributed by atoms with Gasteiger partial charge in [-0.15, -0.1) is 24.8 Å². The summed E-state index contributed by atoms with van der Waals surface area (Å²) in [6.07, 6.45) is 4.91. The lowest BCUT2D eigenvalue weighted by molar-refractivity contribution is -0.123. The molecule has 3 unspecified atom stereocenters. The molecule has 30 heavy (non-hydrogen) atoms. The van der Waals surface area contributed by atoms with Gasteiger partial charge in [0.2, 0.25) is 5.91 Å². The highest BCUT2D eigenvalue weighted by atomic mass is 35.5. The van der Waals surface area contributed by atoms with Crippen molar-refractivity contribution >= 4 is 30.7 Å². The Bertz CT molecular complexity index is 770. The number of likely N-dealkylation sites (N-methyl/N-ethyl adjacent to an activating group) is 1. The summed E-state index contributed by atoms with van der Waals surface area (Å²) in [5.41, 5.74) is 3.31. The van der Waals surface area contributed by atoms with E-state index in [2.05, 4.69) is 58.7 Å². The van der Waals surface area contributed by atoms with Crippen LogP contribution in [0.15, 0.2) is 36.7 Å².